The molecule has 1 rings (SSSR count). The maximum Gasteiger partial charge on any atom is 0.257 e. The van der Waals surface area contributed by atoms with Crippen LogP contribution in [0.3, 0.4) is 0 Å². The van der Waals surface area contributed by atoms with Crippen molar-refractivity contribution in [1.29, 1.82) is 0 Å². The van der Waals surface area contributed by atoms with Crippen molar-refractivity contribution in [2.75, 3.05) is 18.9 Å². The van der Waals surface area contributed by atoms with Crippen molar-refractivity contribution in [1.82, 2.24) is 5.32 Å². The summed E-state index contributed by atoms with van der Waals surface area (Å²) in [5.41, 5.74) is 6.24. The van der Waals surface area contributed by atoms with E-state index in [4.69, 9.17) is 10.5 Å². The van der Waals surface area contributed by atoms with E-state index in [-0.39, 0.29) is 12.5 Å². The average molecular weight is 250 g/mol. The molecule has 1 aromatic rings. The van der Waals surface area contributed by atoms with E-state index in [1.807, 2.05) is 0 Å². The molecule has 0 aromatic heterocycles. The number of hydrogen-bond donors (Lipinski definition) is 2. The molecule has 0 unspecified atom stereocenters. The van der Waals surface area contributed by atoms with E-state index >= 15 is 0 Å². The summed E-state index contributed by atoms with van der Waals surface area (Å²) in [7, 11) is 0. The van der Waals surface area contributed by atoms with E-state index in [1.165, 1.54) is 0 Å². The van der Waals surface area contributed by atoms with Gasteiger partial charge in [-0.2, -0.15) is 0 Å². The normalized spacial score (nSPS) is 10.4. The first kappa shape index (κ1) is 14.4. The molecule has 4 nitrogen and oxygen atoms in total. The monoisotopic (exact) mass is 250 g/mol. The van der Waals surface area contributed by atoms with Gasteiger partial charge in [-0.3, -0.25) is 4.79 Å². The van der Waals surface area contributed by atoms with Crippen molar-refractivity contribution in [3.8, 4) is 5.75 Å². The van der Waals surface area contributed by atoms with Crippen LogP contribution in [0.15, 0.2) is 24.3 Å². The van der Waals surface area contributed by atoms with Gasteiger partial charge < -0.3 is 15.8 Å². The third kappa shape index (κ3) is 5.08. The smallest absolute Gasteiger partial charge is 0.257 e. The van der Waals surface area contributed by atoms with E-state index in [0.717, 1.165) is 19.4 Å². The SMILES string of the molecule is CCC(CC)CNC(=O)COc1ccc(N)cc1. The third-order valence-electron chi connectivity index (χ3n) is 2.99. The second-order valence-corrected chi connectivity index (χ2v) is 4.34. The molecule has 0 spiro atoms. The first-order valence-electron chi connectivity index (χ1n) is 6.40. The first-order chi connectivity index (χ1) is 8.65. The quantitative estimate of drug-likeness (QED) is 0.729. The highest BCUT2D eigenvalue weighted by atomic mass is 16.5. The number of nitrogen functional groups attached to an aromatic ring is 1. The predicted molar refractivity (Wildman–Crippen MR) is 73.4 cm³/mol. The summed E-state index contributed by atoms with van der Waals surface area (Å²) in [6.45, 7) is 5.03. The molecule has 0 heterocycles. The van der Waals surface area contributed by atoms with Crippen LogP contribution < -0.4 is 15.8 Å². The molecule has 18 heavy (non-hydrogen) atoms. The van der Waals surface area contributed by atoms with Crippen molar-refractivity contribution >= 4 is 11.6 Å². The molecule has 100 valence electrons. The Balaban J connectivity index is 2.26. The van der Waals surface area contributed by atoms with Crippen LogP contribution in [-0.4, -0.2) is 19.1 Å². The molecule has 0 aliphatic heterocycles. The van der Waals surface area contributed by atoms with Gasteiger partial charge in [0.1, 0.15) is 5.75 Å². The summed E-state index contributed by atoms with van der Waals surface area (Å²) in [6.07, 6.45) is 2.16. The van der Waals surface area contributed by atoms with Crippen molar-refractivity contribution in [3.05, 3.63) is 24.3 Å². The van der Waals surface area contributed by atoms with Gasteiger partial charge in [0.05, 0.1) is 0 Å². The molecular formula is C14H22N2O2. The molecule has 0 radical (unpaired) electrons. The number of nitrogens with one attached hydrogen (secondary N) is 1. The lowest BCUT2D eigenvalue weighted by Gasteiger charge is -2.13. The van der Waals surface area contributed by atoms with Crippen LogP contribution in [0.2, 0.25) is 0 Å². The van der Waals surface area contributed by atoms with Crippen LogP contribution in [0.4, 0.5) is 5.69 Å². The van der Waals surface area contributed by atoms with Crippen LogP contribution >= 0.6 is 0 Å². The van der Waals surface area contributed by atoms with E-state index in [2.05, 4.69) is 19.2 Å². The second kappa shape index (κ2) is 7.58. The van der Waals surface area contributed by atoms with Crippen molar-refractivity contribution < 1.29 is 9.53 Å². The summed E-state index contributed by atoms with van der Waals surface area (Å²) < 4.78 is 5.35. The number of anilines is 1. The zero-order valence-corrected chi connectivity index (χ0v) is 11.1. The average Bonchev–Trinajstić information content (AvgIpc) is 2.39. The fourth-order valence-corrected chi connectivity index (χ4v) is 1.60. The van der Waals surface area contributed by atoms with Crippen LogP contribution in [0.1, 0.15) is 26.7 Å². The summed E-state index contributed by atoms with van der Waals surface area (Å²) in [5, 5.41) is 2.88. The van der Waals surface area contributed by atoms with Crippen molar-refractivity contribution in [2.24, 2.45) is 5.92 Å². The van der Waals surface area contributed by atoms with Gasteiger partial charge >= 0.3 is 0 Å². The molecule has 3 N–H and O–H groups in total. The molecule has 1 amide bonds. The minimum Gasteiger partial charge on any atom is -0.484 e. The van der Waals surface area contributed by atoms with E-state index in [0.29, 0.717) is 17.4 Å². The lowest BCUT2D eigenvalue weighted by atomic mass is 10.0. The van der Waals surface area contributed by atoms with Gasteiger partial charge in [0.15, 0.2) is 6.61 Å². The standard InChI is InChI=1S/C14H22N2O2/c1-3-11(4-2)9-16-14(17)10-18-13-7-5-12(15)6-8-13/h5-8,11H,3-4,9-10,15H2,1-2H3,(H,16,17). The Hall–Kier alpha value is -1.71. The molecule has 0 aliphatic carbocycles. The van der Waals surface area contributed by atoms with Crippen LogP contribution in [0.25, 0.3) is 0 Å². The summed E-state index contributed by atoms with van der Waals surface area (Å²) in [6, 6.07) is 7.00. The molecule has 0 aliphatic rings. The molecule has 0 bridgehead atoms. The van der Waals surface area contributed by atoms with Crippen molar-refractivity contribution in [3.63, 3.8) is 0 Å². The maximum atomic E-state index is 11.6. The van der Waals surface area contributed by atoms with Crippen molar-refractivity contribution in [2.45, 2.75) is 26.7 Å². The topological polar surface area (TPSA) is 64.3 Å². The van der Waals surface area contributed by atoms with Gasteiger partial charge in [0.25, 0.3) is 5.91 Å². The number of carbonyl (C=O) groups is 1. The van der Waals surface area contributed by atoms with Gasteiger partial charge in [-0.15, -0.1) is 0 Å². The van der Waals surface area contributed by atoms with Gasteiger partial charge in [0.2, 0.25) is 0 Å². The first-order valence-corrected chi connectivity index (χ1v) is 6.40. The number of carbonyl (C=O) groups excluding carboxylic acids is 1. The molecule has 0 atom stereocenters. The third-order valence-corrected chi connectivity index (χ3v) is 2.99. The van der Waals surface area contributed by atoms with Gasteiger partial charge in [-0.05, 0) is 30.2 Å². The fraction of sp³-hybridized carbons (Fsp3) is 0.500. The van der Waals surface area contributed by atoms with E-state index in [1.54, 1.807) is 24.3 Å². The Morgan fingerprint density at radius 1 is 1.28 bits per heavy atom. The molecule has 0 saturated heterocycles. The zero-order valence-electron chi connectivity index (χ0n) is 11.1. The van der Waals surface area contributed by atoms with Gasteiger partial charge in [-0.1, -0.05) is 26.7 Å². The predicted octanol–water partition coefficient (Wildman–Crippen LogP) is 2.20. The minimum absolute atomic E-state index is 0.0457. The Morgan fingerprint density at radius 2 is 1.89 bits per heavy atom. The molecular weight excluding hydrogens is 228 g/mol. The molecule has 1 aromatic carbocycles. The Morgan fingerprint density at radius 3 is 2.44 bits per heavy atom. The van der Waals surface area contributed by atoms with E-state index in [9.17, 15) is 4.79 Å². The van der Waals surface area contributed by atoms with E-state index < -0.39 is 0 Å². The maximum absolute atomic E-state index is 11.6. The number of benzene rings is 1. The molecule has 0 saturated carbocycles. The van der Waals surface area contributed by atoms with Crippen LogP contribution in [-0.2, 0) is 4.79 Å². The number of ether oxygens (including phenoxy) is 1. The number of nitrogens with two attached hydrogens (primary N) is 1. The fourth-order valence-electron chi connectivity index (χ4n) is 1.60. The number of amides is 1. The zero-order chi connectivity index (χ0) is 13.4. The minimum atomic E-state index is -0.0845. The van der Waals surface area contributed by atoms with Crippen LogP contribution in [0.5, 0.6) is 5.75 Å². The summed E-state index contributed by atoms with van der Waals surface area (Å²) in [4.78, 5) is 11.6. The highest BCUT2D eigenvalue weighted by molar-refractivity contribution is 5.77. The Labute approximate surface area is 109 Å². The Bertz CT molecular complexity index is 359. The summed E-state index contributed by atoms with van der Waals surface area (Å²) >= 11 is 0. The highest BCUT2D eigenvalue weighted by Crippen LogP contribution is 2.12. The largest absolute Gasteiger partial charge is 0.484 e. The number of rotatable bonds is 7. The van der Waals surface area contributed by atoms with Crippen LogP contribution in [0, 0.1) is 5.92 Å². The lowest BCUT2D eigenvalue weighted by Crippen LogP contribution is -2.32. The Kier molecular flexibility index (Phi) is 6.05. The molecule has 4 heteroatoms. The highest BCUT2D eigenvalue weighted by Gasteiger charge is 2.07. The summed E-state index contributed by atoms with van der Waals surface area (Å²) in [5.74, 6) is 1.12. The molecule has 0 fully saturated rings. The second-order valence-electron chi connectivity index (χ2n) is 4.34. The van der Waals surface area contributed by atoms with Gasteiger partial charge in [-0.25, -0.2) is 0 Å². The lowest BCUT2D eigenvalue weighted by molar-refractivity contribution is -0.123. The van der Waals surface area contributed by atoms with Gasteiger partial charge in [0, 0.05) is 12.2 Å². The number of hydrogen-bond acceptors (Lipinski definition) is 3.